The van der Waals surface area contributed by atoms with Crippen LogP contribution in [0.1, 0.15) is 27.3 Å². The van der Waals surface area contributed by atoms with Gasteiger partial charge < -0.3 is 5.32 Å². The summed E-state index contributed by atoms with van der Waals surface area (Å²) in [7, 11) is 0. The maximum Gasteiger partial charge on any atom is 0.416 e. The van der Waals surface area contributed by atoms with Gasteiger partial charge in [-0.3, -0.25) is 4.79 Å². The van der Waals surface area contributed by atoms with Crippen molar-refractivity contribution in [1.29, 1.82) is 0 Å². The molecule has 0 bridgehead atoms. The summed E-state index contributed by atoms with van der Waals surface area (Å²) >= 11 is 0. The smallest absolute Gasteiger partial charge is 0.320 e. The number of hydrogen-bond acceptors (Lipinski definition) is 3. The molecule has 0 spiro atoms. The minimum Gasteiger partial charge on any atom is -0.320 e. The summed E-state index contributed by atoms with van der Waals surface area (Å²) in [5, 5.41) is 10.4. The quantitative estimate of drug-likeness (QED) is 0.763. The van der Waals surface area contributed by atoms with Crippen molar-refractivity contribution in [2.24, 2.45) is 0 Å². The van der Waals surface area contributed by atoms with Crippen molar-refractivity contribution in [2.45, 2.75) is 20.0 Å². The molecule has 26 heavy (non-hydrogen) atoms. The Morgan fingerprint density at radius 3 is 2.50 bits per heavy atom. The Kier molecular flexibility index (Phi) is 4.50. The van der Waals surface area contributed by atoms with Gasteiger partial charge >= 0.3 is 6.18 Å². The van der Waals surface area contributed by atoms with Gasteiger partial charge in [0.25, 0.3) is 5.91 Å². The van der Waals surface area contributed by atoms with E-state index in [1.54, 1.807) is 19.1 Å². The highest BCUT2D eigenvalue weighted by atomic mass is 19.4. The molecule has 2 aromatic carbocycles. The molecule has 0 saturated carbocycles. The number of para-hydroxylation sites is 1. The fourth-order valence-electron chi connectivity index (χ4n) is 2.49. The molecule has 0 atom stereocenters. The fourth-order valence-corrected chi connectivity index (χ4v) is 2.49. The number of anilines is 1. The predicted molar refractivity (Wildman–Crippen MR) is 90.2 cm³/mol. The SMILES string of the molecule is Cc1ccccc1NC(=O)c1nnn(-c2cccc(C(F)(F)F)c2)c1C. The molecule has 134 valence electrons. The summed E-state index contributed by atoms with van der Waals surface area (Å²) < 4.78 is 39.9. The number of nitrogens with zero attached hydrogens (tertiary/aromatic N) is 3. The van der Waals surface area contributed by atoms with Gasteiger partial charge in [0.1, 0.15) is 0 Å². The molecule has 1 aromatic heterocycles. The van der Waals surface area contributed by atoms with Gasteiger partial charge in [-0.25, -0.2) is 4.68 Å². The Labute approximate surface area is 147 Å². The first-order chi connectivity index (χ1) is 12.3. The summed E-state index contributed by atoms with van der Waals surface area (Å²) in [5.74, 6) is -0.477. The summed E-state index contributed by atoms with van der Waals surface area (Å²) in [4.78, 5) is 12.5. The average molecular weight is 360 g/mol. The molecule has 0 aliphatic carbocycles. The van der Waals surface area contributed by atoms with E-state index in [9.17, 15) is 18.0 Å². The zero-order chi connectivity index (χ0) is 18.9. The second kappa shape index (κ2) is 6.62. The van der Waals surface area contributed by atoms with Crippen LogP contribution >= 0.6 is 0 Å². The van der Waals surface area contributed by atoms with Crippen LogP contribution in [0.5, 0.6) is 0 Å². The van der Waals surface area contributed by atoms with E-state index in [0.717, 1.165) is 17.7 Å². The molecule has 0 saturated heterocycles. The van der Waals surface area contributed by atoms with E-state index in [0.29, 0.717) is 11.4 Å². The van der Waals surface area contributed by atoms with E-state index in [1.807, 2.05) is 19.1 Å². The van der Waals surface area contributed by atoms with E-state index in [4.69, 9.17) is 0 Å². The van der Waals surface area contributed by atoms with Crippen molar-refractivity contribution in [3.63, 3.8) is 0 Å². The van der Waals surface area contributed by atoms with Crippen molar-refractivity contribution in [3.8, 4) is 5.69 Å². The predicted octanol–water partition coefficient (Wildman–Crippen LogP) is 4.16. The largest absolute Gasteiger partial charge is 0.416 e. The van der Waals surface area contributed by atoms with Crippen LogP contribution < -0.4 is 5.32 Å². The van der Waals surface area contributed by atoms with Gasteiger partial charge in [-0.05, 0) is 43.7 Å². The highest BCUT2D eigenvalue weighted by Gasteiger charge is 2.31. The van der Waals surface area contributed by atoms with Gasteiger partial charge in [0.15, 0.2) is 5.69 Å². The summed E-state index contributed by atoms with van der Waals surface area (Å²) in [6, 6.07) is 11.9. The number of carbonyl (C=O) groups is 1. The molecule has 1 heterocycles. The monoisotopic (exact) mass is 360 g/mol. The molecule has 0 aliphatic heterocycles. The van der Waals surface area contributed by atoms with E-state index in [2.05, 4.69) is 15.6 Å². The normalized spacial score (nSPS) is 11.4. The number of hydrogen-bond donors (Lipinski definition) is 1. The number of benzene rings is 2. The minimum atomic E-state index is -4.46. The fraction of sp³-hybridized carbons (Fsp3) is 0.167. The van der Waals surface area contributed by atoms with Crippen molar-refractivity contribution < 1.29 is 18.0 Å². The second-order valence-corrected chi connectivity index (χ2v) is 5.75. The molecule has 1 N–H and O–H groups in total. The maximum absolute atomic E-state index is 12.9. The molecule has 1 amide bonds. The van der Waals surface area contributed by atoms with Crippen LogP contribution in [0.15, 0.2) is 48.5 Å². The lowest BCUT2D eigenvalue weighted by molar-refractivity contribution is -0.137. The number of aryl methyl sites for hydroxylation is 1. The number of amides is 1. The number of nitrogens with one attached hydrogen (secondary N) is 1. The zero-order valence-electron chi connectivity index (χ0n) is 14.0. The summed E-state index contributed by atoms with van der Waals surface area (Å²) in [6.45, 7) is 3.43. The number of rotatable bonds is 3. The van der Waals surface area contributed by atoms with E-state index < -0.39 is 17.6 Å². The topological polar surface area (TPSA) is 59.8 Å². The molecule has 8 heteroatoms. The second-order valence-electron chi connectivity index (χ2n) is 5.75. The van der Waals surface area contributed by atoms with Gasteiger partial charge in [-0.1, -0.05) is 29.5 Å². The summed E-state index contributed by atoms with van der Waals surface area (Å²) in [5.41, 5.74) is 1.28. The van der Waals surface area contributed by atoms with Crippen molar-refractivity contribution >= 4 is 11.6 Å². The molecule has 0 aliphatic rings. The lowest BCUT2D eigenvalue weighted by atomic mass is 10.2. The molecule has 3 aromatic rings. The van der Waals surface area contributed by atoms with Crippen LogP contribution in [-0.4, -0.2) is 20.9 Å². The van der Waals surface area contributed by atoms with Crippen LogP contribution in [0.4, 0.5) is 18.9 Å². The van der Waals surface area contributed by atoms with Gasteiger partial charge in [-0.15, -0.1) is 5.10 Å². The van der Waals surface area contributed by atoms with E-state index in [1.165, 1.54) is 16.8 Å². The third-order valence-electron chi connectivity index (χ3n) is 3.92. The van der Waals surface area contributed by atoms with Gasteiger partial charge in [0, 0.05) is 5.69 Å². The molecule has 0 radical (unpaired) electrons. The van der Waals surface area contributed by atoms with Crippen molar-refractivity contribution in [1.82, 2.24) is 15.0 Å². The third kappa shape index (κ3) is 3.44. The summed E-state index contributed by atoms with van der Waals surface area (Å²) in [6.07, 6.45) is -4.46. The molecule has 3 rings (SSSR count). The Morgan fingerprint density at radius 1 is 1.08 bits per heavy atom. The Balaban J connectivity index is 1.91. The lowest BCUT2D eigenvalue weighted by Crippen LogP contribution is -2.15. The van der Waals surface area contributed by atoms with Crippen LogP contribution in [-0.2, 0) is 6.18 Å². The maximum atomic E-state index is 12.9. The number of alkyl halides is 3. The van der Waals surface area contributed by atoms with Crippen molar-refractivity contribution in [2.75, 3.05) is 5.32 Å². The standard InChI is InChI=1S/C18H15F3N4O/c1-11-6-3-4-9-15(11)22-17(26)16-12(2)25(24-23-16)14-8-5-7-13(10-14)18(19,20)21/h3-10H,1-2H3,(H,22,26). The number of carbonyl (C=O) groups excluding carboxylic acids is 1. The van der Waals surface area contributed by atoms with Crippen LogP contribution in [0.25, 0.3) is 5.69 Å². The highest BCUT2D eigenvalue weighted by molar-refractivity contribution is 6.03. The Morgan fingerprint density at radius 2 is 1.81 bits per heavy atom. The number of halogens is 3. The number of aromatic nitrogens is 3. The first-order valence-electron chi connectivity index (χ1n) is 7.74. The van der Waals surface area contributed by atoms with E-state index >= 15 is 0 Å². The van der Waals surface area contributed by atoms with Crippen molar-refractivity contribution in [3.05, 3.63) is 71.0 Å². The Bertz CT molecular complexity index is 963. The molecule has 0 unspecified atom stereocenters. The molecule has 5 nitrogen and oxygen atoms in total. The van der Waals surface area contributed by atoms with Crippen LogP contribution in [0.3, 0.4) is 0 Å². The third-order valence-corrected chi connectivity index (χ3v) is 3.92. The van der Waals surface area contributed by atoms with Gasteiger partial charge in [0.2, 0.25) is 0 Å². The van der Waals surface area contributed by atoms with Gasteiger partial charge in [0.05, 0.1) is 16.9 Å². The zero-order valence-corrected chi connectivity index (χ0v) is 14.0. The highest BCUT2D eigenvalue weighted by Crippen LogP contribution is 2.30. The van der Waals surface area contributed by atoms with Crippen LogP contribution in [0.2, 0.25) is 0 Å². The molecular formula is C18H15F3N4O. The first-order valence-corrected chi connectivity index (χ1v) is 7.74. The molecule has 0 fully saturated rings. The lowest BCUT2D eigenvalue weighted by Gasteiger charge is -2.10. The average Bonchev–Trinajstić information content (AvgIpc) is 2.98. The first kappa shape index (κ1) is 17.7. The van der Waals surface area contributed by atoms with E-state index in [-0.39, 0.29) is 11.4 Å². The minimum absolute atomic E-state index is 0.0469. The van der Waals surface area contributed by atoms with Crippen LogP contribution in [0, 0.1) is 13.8 Å². The Hall–Kier alpha value is -3.16. The molecular weight excluding hydrogens is 345 g/mol. The van der Waals surface area contributed by atoms with Gasteiger partial charge in [-0.2, -0.15) is 13.2 Å².